The fraction of sp³-hybridized carbons (Fsp3) is 0.875. The van der Waals surface area contributed by atoms with Crippen LogP contribution in [0.3, 0.4) is 0 Å². The van der Waals surface area contributed by atoms with Crippen LogP contribution in [0.2, 0.25) is 0 Å². The molecule has 0 aromatic rings. The van der Waals surface area contributed by atoms with E-state index in [1.807, 2.05) is 0 Å². The molecule has 2 unspecified atom stereocenters. The number of fused-ring (bicyclic) bond motifs is 1. The van der Waals surface area contributed by atoms with Gasteiger partial charge in [0, 0.05) is 6.54 Å². The van der Waals surface area contributed by atoms with E-state index < -0.39 is 0 Å². The van der Waals surface area contributed by atoms with Gasteiger partial charge in [-0.2, -0.15) is 12.6 Å². The lowest BCUT2D eigenvalue weighted by Crippen LogP contribution is -2.43. The molecule has 1 heterocycles. The lowest BCUT2D eigenvalue weighted by atomic mass is 9.81. The van der Waals surface area contributed by atoms with Gasteiger partial charge in [0.25, 0.3) is 0 Å². The van der Waals surface area contributed by atoms with Gasteiger partial charge in [-0.1, -0.05) is 32.1 Å². The second-order valence-electron chi connectivity index (χ2n) is 6.98. The molecule has 20 heavy (non-hydrogen) atoms. The van der Waals surface area contributed by atoms with Crippen molar-refractivity contribution in [3.8, 4) is 0 Å². The Morgan fingerprint density at radius 3 is 2.00 bits per heavy atom. The van der Waals surface area contributed by atoms with Gasteiger partial charge in [0.05, 0.1) is 11.8 Å². The standard InChI is InChI=1S/C16H25NO2S/c18-14-12-6-5-7-13(12)15(19)17(14)10-16(11-20)8-3-1-2-4-9-16/h12-13,20H,1-11H2. The number of thiol groups is 1. The van der Waals surface area contributed by atoms with Crippen LogP contribution in [0.25, 0.3) is 0 Å². The SMILES string of the molecule is O=C1C2CCCC2C(=O)N1CC1(CS)CCCCCC1. The molecule has 4 heteroatoms. The van der Waals surface area contributed by atoms with Crippen molar-refractivity contribution in [1.82, 2.24) is 4.90 Å². The summed E-state index contributed by atoms with van der Waals surface area (Å²) in [6.07, 6.45) is 10.1. The largest absolute Gasteiger partial charge is 0.282 e. The first-order valence-electron chi connectivity index (χ1n) is 8.13. The Kier molecular flexibility index (Phi) is 4.11. The monoisotopic (exact) mass is 295 g/mol. The van der Waals surface area contributed by atoms with Gasteiger partial charge >= 0.3 is 0 Å². The minimum absolute atomic E-state index is 0.00486. The number of amides is 2. The highest BCUT2D eigenvalue weighted by Gasteiger charge is 2.51. The molecule has 0 radical (unpaired) electrons. The molecule has 3 aliphatic rings. The zero-order valence-corrected chi connectivity index (χ0v) is 13.0. The van der Waals surface area contributed by atoms with Crippen LogP contribution in [0.1, 0.15) is 57.8 Å². The number of imide groups is 1. The Hall–Kier alpha value is -0.510. The van der Waals surface area contributed by atoms with E-state index >= 15 is 0 Å². The molecule has 0 aromatic heterocycles. The Labute approximate surface area is 126 Å². The summed E-state index contributed by atoms with van der Waals surface area (Å²) in [4.78, 5) is 26.6. The number of hydrogen-bond acceptors (Lipinski definition) is 3. The lowest BCUT2D eigenvalue weighted by Gasteiger charge is -2.35. The van der Waals surface area contributed by atoms with E-state index in [1.54, 1.807) is 4.90 Å². The van der Waals surface area contributed by atoms with Crippen molar-refractivity contribution in [2.24, 2.45) is 17.3 Å². The summed E-state index contributed by atoms with van der Waals surface area (Å²) < 4.78 is 0. The Balaban J connectivity index is 1.75. The van der Waals surface area contributed by atoms with Crippen LogP contribution >= 0.6 is 12.6 Å². The topological polar surface area (TPSA) is 37.4 Å². The van der Waals surface area contributed by atoms with Crippen molar-refractivity contribution in [1.29, 1.82) is 0 Å². The first kappa shape index (κ1) is 14.4. The average Bonchev–Trinajstić information content (AvgIpc) is 2.92. The lowest BCUT2D eigenvalue weighted by molar-refractivity contribution is -0.142. The number of likely N-dealkylation sites (tertiary alicyclic amines) is 1. The van der Waals surface area contributed by atoms with E-state index in [-0.39, 0.29) is 29.1 Å². The van der Waals surface area contributed by atoms with Gasteiger partial charge in [0.1, 0.15) is 0 Å². The van der Waals surface area contributed by atoms with E-state index in [0.717, 1.165) is 37.9 Å². The van der Waals surface area contributed by atoms with Gasteiger partial charge in [-0.05, 0) is 36.9 Å². The minimum atomic E-state index is 0.00486. The van der Waals surface area contributed by atoms with Gasteiger partial charge in [0.2, 0.25) is 11.8 Å². The third-order valence-electron chi connectivity index (χ3n) is 5.68. The van der Waals surface area contributed by atoms with Crippen LogP contribution in [-0.4, -0.2) is 29.0 Å². The van der Waals surface area contributed by atoms with E-state index in [1.165, 1.54) is 25.7 Å². The van der Waals surface area contributed by atoms with Gasteiger partial charge < -0.3 is 0 Å². The molecule has 1 aliphatic heterocycles. The summed E-state index contributed by atoms with van der Waals surface area (Å²) in [5, 5.41) is 0. The highest BCUT2D eigenvalue weighted by atomic mass is 32.1. The highest BCUT2D eigenvalue weighted by Crippen LogP contribution is 2.43. The Morgan fingerprint density at radius 2 is 1.50 bits per heavy atom. The number of carbonyl (C=O) groups excluding carboxylic acids is 2. The van der Waals surface area contributed by atoms with Gasteiger partial charge in [-0.15, -0.1) is 0 Å². The van der Waals surface area contributed by atoms with Crippen molar-refractivity contribution < 1.29 is 9.59 Å². The fourth-order valence-corrected chi connectivity index (χ4v) is 4.81. The zero-order valence-electron chi connectivity index (χ0n) is 12.1. The predicted molar refractivity (Wildman–Crippen MR) is 81.5 cm³/mol. The molecular weight excluding hydrogens is 270 g/mol. The molecule has 1 saturated heterocycles. The quantitative estimate of drug-likeness (QED) is 0.494. The van der Waals surface area contributed by atoms with Crippen molar-refractivity contribution in [2.45, 2.75) is 57.8 Å². The summed E-state index contributed by atoms with van der Waals surface area (Å²) in [5.41, 5.74) is 0.0730. The molecule has 112 valence electrons. The fourth-order valence-electron chi connectivity index (χ4n) is 4.40. The second kappa shape index (κ2) is 5.70. The second-order valence-corrected chi connectivity index (χ2v) is 7.30. The molecule has 2 saturated carbocycles. The molecule has 3 nitrogen and oxygen atoms in total. The molecule has 3 rings (SSSR count). The van der Waals surface area contributed by atoms with E-state index in [4.69, 9.17) is 0 Å². The summed E-state index contributed by atoms with van der Waals surface area (Å²) in [6, 6.07) is 0. The van der Waals surface area contributed by atoms with Crippen molar-refractivity contribution in [2.75, 3.05) is 12.3 Å². The predicted octanol–water partition coefficient (Wildman–Crippen LogP) is 3.04. The first-order chi connectivity index (χ1) is 9.67. The Morgan fingerprint density at radius 1 is 0.950 bits per heavy atom. The third-order valence-corrected chi connectivity index (χ3v) is 6.35. The molecule has 2 amide bonds. The van der Waals surface area contributed by atoms with Crippen LogP contribution in [0.15, 0.2) is 0 Å². The maximum absolute atomic E-state index is 12.5. The van der Waals surface area contributed by atoms with Crippen LogP contribution < -0.4 is 0 Å². The van der Waals surface area contributed by atoms with Crippen LogP contribution in [-0.2, 0) is 9.59 Å². The summed E-state index contributed by atoms with van der Waals surface area (Å²) in [6.45, 7) is 0.626. The van der Waals surface area contributed by atoms with Crippen LogP contribution in [0.5, 0.6) is 0 Å². The van der Waals surface area contributed by atoms with E-state index in [9.17, 15) is 9.59 Å². The van der Waals surface area contributed by atoms with E-state index in [0.29, 0.717) is 6.54 Å². The number of rotatable bonds is 3. The maximum atomic E-state index is 12.5. The van der Waals surface area contributed by atoms with Crippen molar-refractivity contribution in [3.05, 3.63) is 0 Å². The average molecular weight is 295 g/mol. The van der Waals surface area contributed by atoms with Gasteiger partial charge in [0.15, 0.2) is 0 Å². The molecule has 0 spiro atoms. The van der Waals surface area contributed by atoms with Crippen LogP contribution in [0.4, 0.5) is 0 Å². The molecular formula is C16H25NO2S. The summed E-state index contributed by atoms with van der Waals surface area (Å²) in [7, 11) is 0. The summed E-state index contributed by atoms with van der Waals surface area (Å²) in [5.74, 6) is 1.03. The third kappa shape index (κ3) is 2.40. The first-order valence-corrected chi connectivity index (χ1v) is 8.76. The molecule has 0 bridgehead atoms. The molecule has 0 N–H and O–H groups in total. The highest BCUT2D eigenvalue weighted by molar-refractivity contribution is 7.80. The number of nitrogens with zero attached hydrogens (tertiary/aromatic N) is 1. The van der Waals surface area contributed by atoms with Crippen LogP contribution in [0, 0.1) is 17.3 Å². The molecule has 2 aliphatic carbocycles. The number of hydrogen-bond donors (Lipinski definition) is 1. The zero-order chi connectivity index (χ0) is 14.2. The smallest absolute Gasteiger partial charge is 0.233 e. The van der Waals surface area contributed by atoms with Crippen molar-refractivity contribution in [3.63, 3.8) is 0 Å². The maximum Gasteiger partial charge on any atom is 0.233 e. The molecule has 0 aromatic carbocycles. The molecule has 2 atom stereocenters. The number of carbonyl (C=O) groups is 2. The minimum Gasteiger partial charge on any atom is -0.282 e. The summed E-state index contributed by atoms with van der Waals surface area (Å²) >= 11 is 4.56. The Bertz CT molecular complexity index is 379. The van der Waals surface area contributed by atoms with E-state index in [2.05, 4.69) is 12.6 Å². The van der Waals surface area contributed by atoms with Gasteiger partial charge in [-0.3, -0.25) is 14.5 Å². The normalized spacial score (nSPS) is 33.4. The van der Waals surface area contributed by atoms with Crippen molar-refractivity contribution >= 4 is 24.4 Å². The molecule has 3 fully saturated rings. The van der Waals surface area contributed by atoms with Gasteiger partial charge in [-0.25, -0.2) is 0 Å².